The van der Waals surface area contributed by atoms with Crippen LogP contribution in [0.4, 0.5) is 4.39 Å². The molecule has 0 radical (unpaired) electrons. The molecule has 0 saturated carbocycles. The van der Waals surface area contributed by atoms with Gasteiger partial charge in [-0.1, -0.05) is 23.7 Å². The molecule has 5 heteroatoms. The van der Waals surface area contributed by atoms with Crippen molar-refractivity contribution in [3.8, 4) is 0 Å². The van der Waals surface area contributed by atoms with Crippen molar-refractivity contribution in [2.75, 3.05) is 0 Å². The van der Waals surface area contributed by atoms with E-state index in [1.807, 2.05) is 0 Å². The first-order valence-electron chi connectivity index (χ1n) is 4.90. The Morgan fingerprint density at radius 1 is 1.41 bits per heavy atom. The third-order valence-electron chi connectivity index (χ3n) is 2.13. The maximum Gasteiger partial charge on any atom is 0.355 e. The molecule has 2 aromatic rings. The van der Waals surface area contributed by atoms with Crippen LogP contribution in [0.15, 0.2) is 36.5 Å². The van der Waals surface area contributed by atoms with Crippen LogP contribution < -0.4 is 0 Å². The molecule has 0 atom stereocenters. The van der Waals surface area contributed by atoms with Gasteiger partial charge in [-0.2, -0.15) is 0 Å². The number of H-pyrrole nitrogens is 1. The van der Waals surface area contributed by atoms with Gasteiger partial charge in [-0.25, -0.2) is 9.18 Å². The molecule has 1 N–H and O–H groups in total. The highest BCUT2D eigenvalue weighted by Gasteiger charge is 2.09. The molecule has 0 unspecified atom stereocenters. The smallest absolute Gasteiger partial charge is 0.355 e. The molecule has 1 aromatic heterocycles. The van der Waals surface area contributed by atoms with Crippen molar-refractivity contribution < 1.29 is 13.9 Å². The monoisotopic (exact) mass is 253 g/mol. The first-order chi connectivity index (χ1) is 8.15. The van der Waals surface area contributed by atoms with Crippen LogP contribution in [0.5, 0.6) is 0 Å². The van der Waals surface area contributed by atoms with Gasteiger partial charge in [-0.05, 0) is 23.8 Å². The minimum absolute atomic E-state index is 0.0211. The fraction of sp³-hybridized carbons (Fsp3) is 0.0833. The number of esters is 1. The lowest BCUT2D eigenvalue weighted by atomic mass is 10.2. The van der Waals surface area contributed by atoms with E-state index in [0.29, 0.717) is 10.6 Å². The molecule has 0 spiro atoms. The zero-order chi connectivity index (χ0) is 12.3. The number of aromatic nitrogens is 1. The molecule has 2 rings (SSSR count). The molecule has 1 heterocycles. The van der Waals surface area contributed by atoms with Crippen LogP contribution in [0, 0.1) is 5.82 Å². The largest absolute Gasteiger partial charge is 0.456 e. The van der Waals surface area contributed by atoms with Gasteiger partial charge in [0.05, 0.1) is 5.02 Å². The van der Waals surface area contributed by atoms with E-state index in [1.54, 1.807) is 12.1 Å². The van der Waals surface area contributed by atoms with Crippen molar-refractivity contribution in [1.82, 2.24) is 4.98 Å². The van der Waals surface area contributed by atoms with Gasteiger partial charge in [0.15, 0.2) is 0 Å². The Kier molecular flexibility index (Phi) is 3.44. The lowest BCUT2D eigenvalue weighted by Gasteiger charge is -2.03. The summed E-state index contributed by atoms with van der Waals surface area (Å²) >= 11 is 5.65. The van der Waals surface area contributed by atoms with Gasteiger partial charge in [0.25, 0.3) is 0 Å². The molecular weight excluding hydrogens is 245 g/mol. The van der Waals surface area contributed by atoms with E-state index in [9.17, 15) is 9.18 Å². The summed E-state index contributed by atoms with van der Waals surface area (Å²) in [4.78, 5) is 14.2. The van der Waals surface area contributed by atoms with Gasteiger partial charge in [0, 0.05) is 6.20 Å². The molecule has 0 bridgehead atoms. The summed E-state index contributed by atoms with van der Waals surface area (Å²) in [6.45, 7) is 0.0211. The van der Waals surface area contributed by atoms with E-state index in [4.69, 9.17) is 16.3 Å². The molecule has 0 aliphatic heterocycles. The van der Waals surface area contributed by atoms with Gasteiger partial charge < -0.3 is 9.72 Å². The van der Waals surface area contributed by atoms with Crippen molar-refractivity contribution in [3.05, 3.63) is 58.6 Å². The van der Waals surface area contributed by atoms with Crippen LogP contribution in [0.25, 0.3) is 0 Å². The number of ether oxygens (including phenoxy) is 1. The van der Waals surface area contributed by atoms with Gasteiger partial charge >= 0.3 is 5.97 Å². The molecule has 17 heavy (non-hydrogen) atoms. The first-order valence-corrected chi connectivity index (χ1v) is 5.28. The first kappa shape index (κ1) is 11.7. The summed E-state index contributed by atoms with van der Waals surface area (Å²) in [5.41, 5.74) is 0.863. The second-order valence-corrected chi connectivity index (χ2v) is 3.87. The van der Waals surface area contributed by atoms with Gasteiger partial charge in [0.1, 0.15) is 18.1 Å². The fourth-order valence-electron chi connectivity index (χ4n) is 1.34. The molecule has 0 saturated heterocycles. The fourth-order valence-corrected chi connectivity index (χ4v) is 1.50. The van der Waals surface area contributed by atoms with Crippen LogP contribution >= 0.6 is 11.6 Å². The lowest BCUT2D eigenvalue weighted by molar-refractivity contribution is 0.0466. The van der Waals surface area contributed by atoms with Crippen molar-refractivity contribution in [2.24, 2.45) is 0 Å². The number of rotatable bonds is 3. The highest BCUT2D eigenvalue weighted by atomic mass is 35.5. The Morgan fingerprint density at radius 3 is 2.88 bits per heavy atom. The zero-order valence-electron chi connectivity index (χ0n) is 8.74. The highest BCUT2D eigenvalue weighted by Crippen LogP contribution is 2.11. The predicted molar refractivity (Wildman–Crippen MR) is 61.3 cm³/mol. The van der Waals surface area contributed by atoms with Gasteiger partial charge in [-0.3, -0.25) is 0 Å². The summed E-state index contributed by atoms with van der Waals surface area (Å²) in [5, 5.41) is 0.433. The topological polar surface area (TPSA) is 42.1 Å². The van der Waals surface area contributed by atoms with E-state index < -0.39 is 5.97 Å². The molecule has 0 aliphatic carbocycles. The number of nitrogens with one attached hydrogen (secondary N) is 1. The summed E-state index contributed by atoms with van der Waals surface area (Å²) in [5.74, 6) is -0.886. The SMILES string of the molecule is O=C(OCc1cccc(F)c1)c1cc(Cl)c[nH]1. The second kappa shape index (κ2) is 5.01. The second-order valence-electron chi connectivity index (χ2n) is 3.44. The number of hydrogen-bond acceptors (Lipinski definition) is 2. The molecule has 1 aromatic carbocycles. The molecule has 0 amide bonds. The number of aromatic amines is 1. The average Bonchev–Trinajstić information content (AvgIpc) is 2.73. The third-order valence-corrected chi connectivity index (χ3v) is 2.34. The standard InChI is InChI=1S/C12H9ClFNO2/c13-9-5-11(15-6-9)12(16)17-7-8-2-1-3-10(14)4-8/h1-6,15H,7H2. The highest BCUT2D eigenvalue weighted by molar-refractivity contribution is 6.30. The quantitative estimate of drug-likeness (QED) is 0.854. The van der Waals surface area contributed by atoms with E-state index in [0.717, 1.165) is 0 Å². The number of halogens is 2. The number of hydrogen-bond donors (Lipinski definition) is 1. The number of carbonyl (C=O) groups excluding carboxylic acids is 1. The van der Waals surface area contributed by atoms with E-state index >= 15 is 0 Å². The normalized spacial score (nSPS) is 10.2. The van der Waals surface area contributed by atoms with Crippen molar-refractivity contribution in [2.45, 2.75) is 6.61 Å². The Labute approximate surface area is 102 Å². The minimum Gasteiger partial charge on any atom is -0.456 e. The Morgan fingerprint density at radius 2 is 2.24 bits per heavy atom. The minimum atomic E-state index is -0.527. The summed E-state index contributed by atoms with van der Waals surface area (Å²) < 4.78 is 17.8. The summed E-state index contributed by atoms with van der Waals surface area (Å²) in [6.07, 6.45) is 1.49. The van der Waals surface area contributed by atoms with Crippen LogP contribution in [-0.4, -0.2) is 11.0 Å². The molecule has 0 aliphatic rings. The number of carbonyl (C=O) groups is 1. The Balaban J connectivity index is 1.97. The van der Waals surface area contributed by atoms with Crippen molar-refractivity contribution in [1.29, 1.82) is 0 Å². The molecule has 0 fully saturated rings. The lowest BCUT2D eigenvalue weighted by Crippen LogP contribution is -2.05. The van der Waals surface area contributed by atoms with Crippen LogP contribution in [0.1, 0.15) is 16.1 Å². The summed E-state index contributed by atoms with van der Waals surface area (Å²) in [7, 11) is 0. The average molecular weight is 254 g/mol. The van der Waals surface area contributed by atoms with Gasteiger partial charge in [-0.15, -0.1) is 0 Å². The summed E-state index contributed by atoms with van der Waals surface area (Å²) in [6, 6.07) is 7.35. The maximum absolute atomic E-state index is 12.9. The Bertz CT molecular complexity index is 539. The van der Waals surface area contributed by atoms with E-state index in [-0.39, 0.29) is 18.1 Å². The Hall–Kier alpha value is -1.81. The zero-order valence-corrected chi connectivity index (χ0v) is 9.50. The van der Waals surface area contributed by atoms with Crippen LogP contribution in [0.3, 0.4) is 0 Å². The molecule has 3 nitrogen and oxygen atoms in total. The number of benzene rings is 1. The van der Waals surface area contributed by atoms with Crippen molar-refractivity contribution in [3.63, 3.8) is 0 Å². The third kappa shape index (κ3) is 3.07. The molecule has 88 valence electrons. The van der Waals surface area contributed by atoms with Crippen LogP contribution in [-0.2, 0) is 11.3 Å². The van der Waals surface area contributed by atoms with Crippen LogP contribution in [0.2, 0.25) is 5.02 Å². The van der Waals surface area contributed by atoms with E-state index in [2.05, 4.69) is 4.98 Å². The van der Waals surface area contributed by atoms with Crippen molar-refractivity contribution >= 4 is 17.6 Å². The predicted octanol–water partition coefficient (Wildman–Crippen LogP) is 3.16. The van der Waals surface area contributed by atoms with E-state index in [1.165, 1.54) is 24.4 Å². The van der Waals surface area contributed by atoms with Gasteiger partial charge in [0.2, 0.25) is 0 Å². The maximum atomic E-state index is 12.9. The molecular formula is C12H9ClFNO2.